The smallest absolute Gasteiger partial charge is 0.339 e. The second-order valence-electron chi connectivity index (χ2n) is 6.97. The third kappa shape index (κ3) is 5.47. The molecule has 33 heavy (non-hydrogen) atoms. The maximum Gasteiger partial charge on any atom is 0.339 e. The Hall–Kier alpha value is -3.92. The van der Waals surface area contributed by atoms with E-state index in [-0.39, 0.29) is 22.0 Å². The number of benzene rings is 2. The van der Waals surface area contributed by atoms with Crippen LogP contribution >= 0.6 is 0 Å². The molecule has 172 valence electrons. The summed E-state index contributed by atoms with van der Waals surface area (Å²) in [4.78, 5) is 28.4. The number of esters is 1. The van der Waals surface area contributed by atoms with Crippen molar-refractivity contribution in [2.24, 2.45) is 0 Å². The van der Waals surface area contributed by atoms with Gasteiger partial charge in [0.05, 0.1) is 30.4 Å². The average Bonchev–Trinajstić information content (AvgIpc) is 2.82. The summed E-state index contributed by atoms with van der Waals surface area (Å²) in [7, 11) is -1.43. The summed E-state index contributed by atoms with van der Waals surface area (Å²) in [6, 6.07) is 15.7. The number of pyridine rings is 1. The first kappa shape index (κ1) is 23.7. The van der Waals surface area contributed by atoms with Crippen molar-refractivity contribution in [1.29, 1.82) is 0 Å². The topological polar surface area (TPSA) is 115 Å². The van der Waals surface area contributed by atoms with E-state index < -0.39 is 28.4 Å². The first-order valence-electron chi connectivity index (χ1n) is 9.83. The zero-order valence-electron chi connectivity index (χ0n) is 18.3. The lowest BCUT2D eigenvalue weighted by Crippen LogP contribution is -2.38. The lowest BCUT2D eigenvalue weighted by molar-refractivity contribution is -0.114. The maximum atomic E-state index is 13.5. The second-order valence-corrected chi connectivity index (χ2v) is 8.83. The number of aryl methyl sites for hydroxylation is 1. The molecule has 2 aromatic carbocycles. The molecule has 3 aromatic rings. The van der Waals surface area contributed by atoms with Crippen molar-refractivity contribution in [3.63, 3.8) is 0 Å². The van der Waals surface area contributed by atoms with Gasteiger partial charge in [0.25, 0.3) is 10.0 Å². The lowest BCUT2D eigenvalue weighted by Gasteiger charge is -2.25. The molecule has 0 bridgehead atoms. The van der Waals surface area contributed by atoms with Gasteiger partial charge in [0.1, 0.15) is 18.1 Å². The molecule has 0 radical (unpaired) electrons. The third-order valence-electron chi connectivity index (χ3n) is 4.70. The number of amides is 1. The molecule has 1 N–H and O–H groups in total. The number of aromatic nitrogens is 1. The van der Waals surface area contributed by atoms with Gasteiger partial charge < -0.3 is 14.8 Å². The summed E-state index contributed by atoms with van der Waals surface area (Å²) in [6.45, 7) is 1.32. The highest BCUT2D eigenvalue weighted by Crippen LogP contribution is 2.32. The zero-order valence-corrected chi connectivity index (χ0v) is 19.1. The number of para-hydroxylation sites is 2. The monoisotopic (exact) mass is 469 g/mol. The fourth-order valence-electron chi connectivity index (χ4n) is 2.99. The van der Waals surface area contributed by atoms with Crippen LogP contribution in [0, 0.1) is 6.92 Å². The van der Waals surface area contributed by atoms with Crippen LogP contribution in [0.4, 0.5) is 11.5 Å². The van der Waals surface area contributed by atoms with E-state index >= 15 is 0 Å². The van der Waals surface area contributed by atoms with Crippen LogP contribution in [0.15, 0.2) is 71.8 Å². The van der Waals surface area contributed by atoms with Crippen LogP contribution < -0.4 is 14.4 Å². The molecular formula is C23H23N3O6S. The molecule has 1 aromatic heterocycles. The number of hydrogen-bond donors (Lipinski definition) is 1. The Balaban J connectivity index is 1.92. The molecule has 1 amide bonds. The molecule has 1 heterocycles. The van der Waals surface area contributed by atoms with E-state index in [1.807, 2.05) is 6.92 Å². The minimum atomic E-state index is -4.10. The third-order valence-corrected chi connectivity index (χ3v) is 6.48. The number of ether oxygens (including phenoxy) is 2. The van der Waals surface area contributed by atoms with Gasteiger partial charge in [-0.3, -0.25) is 9.10 Å². The normalized spacial score (nSPS) is 10.9. The molecule has 0 aliphatic carbocycles. The molecule has 10 heteroatoms. The maximum absolute atomic E-state index is 13.5. The van der Waals surface area contributed by atoms with E-state index in [0.29, 0.717) is 5.75 Å². The standard InChI is InChI=1S/C23H23N3O6S/c1-16-8-11-18(12-9-16)33(29,30)26(19-6-4-5-7-20(19)31-2)15-22(27)25-21-13-10-17(14-24-21)23(28)32-3/h4-14H,15H2,1-3H3,(H,24,25,27). The number of carbonyl (C=O) groups is 2. The molecule has 0 fully saturated rings. The SMILES string of the molecule is COC(=O)c1ccc(NC(=O)CN(c2ccccc2OC)S(=O)(=O)c2ccc(C)cc2)nc1. The first-order chi connectivity index (χ1) is 15.8. The van der Waals surface area contributed by atoms with Crippen molar-refractivity contribution >= 4 is 33.4 Å². The second kappa shape index (κ2) is 10.1. The van der Waals surface area contributed by atoms with Crippen LogP contribution in [0.1, 0.15) is 15.9 Å². The van der Waals surface area contributed by atoms with Crippen molar-refractivity contribution in [2.75, 3.05) is 30.4 Å². The highest BCUT2D eigenvalue weighted by molar-refractivity contribution is 7.92. The Morgan fingerprint density at radius 1 is 1.00 bits per heavy atom. The predicted octanol–water partition coefficient (Wildman–Crippen LogP) is 3.02. The minimum absolute atomic E-state index is 0.0346. The molecule has 0 aliphatic heterocycles. The number of anilines is 2. The summed E-state index contributed by atoms with van der Waals surface area (Å²) < 4.78 is 37.9. The van der Waals surface area contributed by atoms with Gasteiger partial charge in [0.2, 0.25) is 5.91 Å². The quantitative estimate of drug-likeness (QED) is 0.504. The molecule has 3 rings (SSSR count). The van der Waals surface area contributed by atoms with Gasteiger partial charge in [-0.1, -0.05) is 29.8 Å². The number of methoxy groups -OCH3 is 2. The highest BCUT2D eigenvalue weighted by atomic mass is 32.2. The number of nitrogens with one attached hydrogen (secondary N) is 1. The molecule has 9 nitrogen and oxygen atoms in total. The van der Waals surface area contributed by atoms with Crippen molar-refractivity contribution in [1.82, 2.24) is 4.98 Å². The molecule has 0 atom stereocenters. The van der Waals surface area contributed by atoms with E-state index in [2.05, 4.69) is 15.0 Å². The molecular weight excluding hydrogens is 446 g/mol. The summed E-state index contributed by atoms with van der Waals surface area (Å²) in [5.41, 5.74) is 1.33. The molecule has 0 saturated heterocycles. The fourth-order valence-corrected chi connectivity index (χ4v) is 4.42. The summed E-state index contributed by atoms with van der Waals surface area (Å²) in [6.07, 6.45) is 1.25. The molecule has 0 saturated carbocycles. The Labute approximate surface area is 192 Å². The van der Waals surface area contributed by atoms with Crippen LogP contribution in [0.25, 0.3) is 0 Å². The van der Waals surface area contributed by atoms with Gasteiger partial charge in [-0.25, -0.2) is 18.2 Å². The number of nitrogens with zero attached hydrogens (tertiary/aromatic N) is 2. The van der Waals surface area contributed by atoms with E-state index in [1.54, 1.807) is 36.4 Å². The molecule has 0 unspecified atom stereocenters. The van der Waals surface area contributed by atoms with Gasteiger partial charge in [0, 0.05) is 6.20 Å². The number of hydrogen-bond acceptors (Lipinski definition) is 7. The number of sulfonamides is 1. The molecule has 0 aliphatic rings. The van der Waals surface area contributed by atoms with Gasteiger partial charge in [-0.2, -0.15) is 0 Å². The minimum Gasteiger partial charge on any atom is -0.495 e. The van der Waals surface area contributed by atoms with Crippen LogP contribution in [0.2, 0.25) is 0 Å². The first-order valence-corrected chi connectivity index (χ1v) is 11.3. The van der Waals surface area contributed by atoms with Crippen molar-refractivity contribution in [2.45, 2.75) is 11.8 Å². The number of rotatable bonds is 8. The van der Waals surface area contributed by atoms with Crippen molar-refractivity contribution < 1.29 is 27.5 Å². The summed E-state index contributed by atoms with van der Waals surface area (Å²) in [5, 5.41) is 2.55. The Kier molecular flexibility index (Phi) is 7.29. The van der Waals surface area contributed by atoms with Crippen LogP contribution in [-0.2, 0) is 19.6 Å². The van der Waals surface area contributed by atoms with Crippen LogP contribution in [0.3, 0.4) is 0 Å². The van der Waals surface area contributed by atoms with Gasteiger partial charge in [0.15, 0.2) is 0 Å². The van der Waals surface area contributed by atoms with Crippen molar-refractivity contribution in [3.05, 3.63) is 78.0 Å². The predicted molar refractivity (Wildman–Crippen MR) is 123 cm³/mol. The van der Waals surface area contributed by atoms with E-state index in [9.17, 15) is 18.0 Å². The molecule has 0 spiro atoms. The zero-order chi connectivity index (χ0) is 24.0. The van der Waals surface area contributed by atoms with Crippen LogP contribution in [0.5, 0.6) is 5.75 Å². The largest absolute Gasteiger partial charge is 0.495 e. The highest BCUT2D eigenvalue weighted by Gasteiger charge is 2.29. The number of carbonyl (C=O) groups excluding carboxylic acids is 2. The summed E-state index contributed by atoms with van der Waals surface area (Å²) in [5.74, 6) is -0.747. The van der Waals surface area contributed by atoms with Crippen molar-refractivity contribution in [3.8, 4) is 5.75 Å². The fraction of sp³-hybridized carbons (Fsp3) is 0.174. The Morgan fingerprint density at radius 3 is 2.30 bits per heavy atom. The van der Waals surface area contributed by atoms with Crippen LogP contribution in [-0.4, -0.2) is 46.0 Å². The van der Waals surface area contributed by atoms with Gasteiger partial charge in [-0.05, 0) is 43.3 Å². The van der Waals surface area contributed by atoms with E-state index in [4.69, 9.17) is 4.74 Å². The van der Waals surface area contributed by atoms with E-state index in [0.717, 1.165) is 9.87 Å². The Morgan fingerprint density at radius 2 is 1.70 bits per heavy atom. The van der Waals surface area contributed by atoms with Gasteiger partial charge in [-0.15, -0.1) is 0 Å². The van der Waals surface area contributed by atoms with E-state index in [1.165, 1.54) is 44.7 Å². The van der Waals surface area contributed by atoms with Gasteiger partial charge >= 0.3 is 5.97 Å². The average molecular weight is 470 g/mol. The summed E-state index contributed by atoms with van der Waals surface area (Å²) >= 11 is 0. The lowest BCUT2D eigenvalue weighted by atomic mass is 10.2. The Bertz CT molecular complexity index is 1240.